The molecule has 34 heavy (non-hydrogen) atoms. The number of methoxy groups -OCH3 is 3. The third-order valence-corrected chi connectivity index (χ3v) is 6.07. The fourth-order valence-electron chi connectivity index (χ4n) is 4.42. The molecular formula is C23H30N6O5. The summed E-state index contributed by atoms with van der Waals surface area (Å²) < 4.78 is 22.7. The summed E-state index contributed by atoms with van der Waals surface area (Å²) in [6, 6.07) is 12.3. The highest BCUT2D eigenvalue weighted by atomic mass is 16.7. The Labute approximate surface area is 198 Å². The first-order chi connectivity index (χ1) is 16.3. The average molecular weight is 471 g/mol. The van der Waals surface area contributed by atoms with Crippen LogP contribution in [0, 0.1) is 0 Å². The zero-order valence-electron chi connectivity index (χ0n) is 19.9. The van der Waals surface area contributed by atoms with E-state index >= 15 is 0 Å². The van der Waals surface area contributed by atoms with Gasteiger partial charge in [-0.1, -0.05) is 0 Å². The van der Waals surface area contributed by atoms with Crippen LogP contribution >= 0.6 is 0 Å². The number of hydrogen-bond acceptors (Lipinski definition) is 10. The molecule has 11 nitrogen and oxygen atoms in total. The van der Waals surface area contributed by atoms with Gasteiger partial charge in [0.15, 0.2) is 17.7 Å². The molecule has 0 saturated carbocycles. The fourth-order valence-corrected chi connectivity index (χ4v) is 4.42. The first-order valence-corrected chi connectivity index (χ1v) is 10.8. The lowest BCUT2D eigenvalue weighted by atomic mass is 9.83. The van der Waals surface area contributed by atoms with Gasteiger partial charge in [0, 0.05) is 31.2 Å². The van der Waals surface area contributed by atoms with Crippen LogP contribution in [-0.4, -0.2) is 64.6 Å². The molecule has 0 fully saturated rings. The molecule has 0 amide bonds. The summed E-state index contributed by atoms with van der Waals surface area (Å²) in [6.07, 6.45) is -1.94. The Bertz CT molecular complexity index is 1120. The number of aryl methyl sites for hydroxylation is 1. The summed E-state index contributed by atoms with van der Waals surface area (Å²) in [6.45, 7) is 2.02. The summed E-state index contributed by atoms with van der Waals surface area (Å²) in [4.78, 5) is 3.38. The lowest BCUT2D eigenvalue weighted by Crippen LogP contribution is -2.62. The maximum Gasteiger partial charge on any atom is 0.199 e. The van der Waals surface area contributed by atoms with Crippen molar-refractivity contribution in [1.82, 2.24) is 20.2 Å². The molecule has 1 aliphatic heterocycles. The summed E-state index contributed by atoms with van der Waals surface area (Å²) in [7, 11) is 6.33. The minimum atomic E-state index is -1.24. The summed E-state index contributed by atoms with van der Waals surface area (Å²) in [5.74, 6) is 1.76. The number of anilines is 2. The summed E-state index contributed by atoms with van der Waals surface area (Å²) >= 11 is 0. The van der Waals surface area contributed by atoms with Crippen LogP contribution in [-0.2, 0) is 23.1 Å². The second-order valence-corrected chi connectivity index (χ2v) is 8.30. The summed E-state index contributed by atoms with van der Waals surface area (Å²) in [5.41, 5.74) is 6.98. The molecule has 0 bridgehead atoms. The van der Waals surface area contributed by atoms with Crippen molar-refractivity contribution in [3.8, 4) is 11.5 Å². The Kier molecular flexibility index (Phi) is 6.60. The van der Waals surface area contributed by atoms with Crippen LogP contribution in [0.25, 0.3) is 0 Å². The Morgan fingerprint density at radius 3 is 2.47 bits per heavy atom. The van der Waals surface area contributed by atoms with Crippen molar-refractivity contribution >= 4 is 11.4 Å². The number of nitrogens with two attached hydrogens (primary N) is 1. The molecule has 182 valence electrons. The molecule has 1 aromatic heterocycles. The van der Waals surface area contributed by atoms with Crippen LogP contribution in [0.5, 0.6) is 11.5 Å². The molecule has 3 aromatic rings. The topological polar surface area (TPSA) is 130 Å². The third-order valence-electron chi connectivity index (χ3n) is 6.07. The van der Waals surface area contributed by atoms with Gasteiger partial charge >= 0.3 is 0 Å². The lowest BCUT2D eigenvalue weighted by molar-refractivity contribution is -0.237. The number of rotatable bonds is 8. The van der Waals surface area contributed by atoms with Crippen LogP contribution in [0.15, 0.2) is 42.5 Å². The number of tetrazole rings is 1. The lowest BCUT2D eigenvalue weighted by Gasteiger charge is -2.49. The van der Waals surface area contributed by atoms with Gasteiger partial charge < -0.3 is 34.7 Å². The zero-order valence-corrected chi connectivity index (χ0v) is 19.9. The number of benzene rings is 2. The van der Waals surface area contributed by atoms with E-state index in [1.165, 1.54) is 19.0 Å². The Hall–Kier alpha value is -3.41. The molecule has 0 radical (unpaired) electrons. The quantitative estimate of drug-likeness (QED) is 0.370. The van der Waals surface area contributed by atoms with Crippen LogP contribution in [0.1, 0.15) is 24.4 Å². The van der Waals surface area contributed by atoms with Gasteiger partial charge in [-0.15, -0.1) is 10.2 Å². The summed E-state index contributed by atoms with van der Waals surface area (Å²) in [5, 5.41) is 24.3. The predicted octanol–water partition coefficient (Wildman–Crippen LogP) is 1.68. The van der Waals surface area contributed by atoms with Crippen molar-refractivity contribution in [2.45, 2.75) is 37.5 Å². The number of aromatic nitrogens is 4. The smallest absolute Gasteiger partial charge is 0.199 e. The molecule has 1 aliphatic rings. The van der Waals surface area contributed by atoms with Crippen molar-refractivity contribution in [2.24, 2.45) is 7.05 Å². The second-order valence-electron chi connectivity index (χ2n) is 8.30. The number of fused-ring (bicyclic) bond motifs is 1. The van der Waals surface area contributed by atoms with E-state index in [0.29, 0.717) is 23.0 Å². The van der Waals surface area contributed by atoms with E-state index < -0.39 is 24.0 Å². The molecule has 4 rings (SSSR count). The molecule has 2 aromatic carbocycles. The Balaban J connectivity index is 1.88. The zero-order chi connectivity index (χ0) is 24.5. The van der Waals surface area contributed by atoms with Crippen molar-refractivity contribution in [3.63, 3.8) is 0 Å². The minimum absolute atomic E-state index is 0.261. The van der Waals surface area contributed by atoms with E-state index in [2.05, 4.69) is 15.4 Å². The maximum absolute atomic E-state index is 11.8. The fraction of sp³-hybridized carbons (Fsp3) is 0.435. The third kappa shape index (κ3) is 4.25. The van der Waals surface area contributed by atoms with Crippen LogP contribution < -0.4 is 20.1 Å². The Morgan fingerprint density at radius 2 is 1.88 bits per heavy atom. The molecule has 0 unspecified atom stereocenters. The number of aliphatic hydroxyl groups is 1. The molecule has 0 spiro atoms. The highest BCUT2D eigenvalue weighted by Gasteiger charge is 2.54. The molecule has 11 heteroatoms. The van der Waals surface area contributed by atoms with E-state index in [4.69, 9.17) is 24.7 Å². The van der Waals surface area contributed by atoms with E-state index in [1.807, 2.05) is 29.2 Å². The molecule has 0 aliphatic carbocycles. The normalized spacial score (nSPS) is 21.7. The predicted molar refractivity (Wildman–Crippen MR) is 124 cm³/mol. The highest BCUT2D eigenvalue weighted by Crippen LogP contribution is 2.47. The first-order valence-electron chi connectivity index (χ1n) is 10.8. The van der Waals surface area contributed by atoms with Crippen molar-refractivity contribution in [1.29, 1.82) is 0 Å². The van der Waals surface area contributed by atoms with E-state index in [0.717, 1.165) is 11.3 Å². The first kappa shape index (κ1) is 23.7. The minimum Gasteiger partial charge on any atom is -0.497 e. The van der Waals surface area contributed by atoms with Gasteiger partial charge in [-0.2, -0.15) is 4.80 Å². The number of aliphatic hydroxyl groups excluding tert-OH is 1. The Morgan fingerprint density at radius 1 is 1.18 bits per heavy atom. The molecular weight excluding hydrogens is 440 g/mol. The van der Waals surface area contributed by atoms with E-state index in [-0.39, 0.29) is 6.54 Å². The van der Waals surface area contributed by atoms with Gasteiger partial charge in [-0.25, -0.2) is 0 Å². The van der Waals surface area contributed by atoms with Gasteiger partial charge in [-0.3, -0.25) is 0 Å². The number of hydrogen-bond donors (Lipinski definition) is 2. The number of nitrogens with zero attached hydrogens (tertiary/aromatic N) is 5. The molecule has 3 N–H and O–H groups in total. The van der Waals surface area contributed by atoms with Crippen molar-refractivity contribution in [3.05, 3.63) is 53.9 Å². The van der Waals surface area contributed by atoms with Gasteiger partial charge in [0.25, 0.3) is 0 Å². The van der Waals surface area contributed by atoms with Crippen LogP contribution in [0.4, 0.5) is 11.4 Å². The standard InChI is InChI=1S/C23H30N6O5/c1-23(22(32-4)33-5)21(30)20(17-12-14(24)6-11-18(17)34-23)29(13-19-25-27-28(2)26-19)15-7-9-16(31-3)10-8-15/h6-12,20-22,30H,13,24H2,1-5H3/t20-,21+,23-/m0/s1. The van der Waals surface area contributed by atoms with Gasteiger partial charge in [0.2, 0.25) is 0 Å². The van der Waals surface area contributed by atoms with Gasteiger partial charge in [0.05, 0.1) is 26.7 Å². The van der Waals surface area contributed by atoms with E-state index in [1.54, 1.807) is 39.3 Å². The SMILES string of the molecule is COc1ccc(N(Cc2nnn(C)n2)[C@H]2c3cc(N)ccc3O[C@](C)(C(OC)OC)[C@@H]2O)cc1. The van der Waals surface area contributed by atoms with Gasteiger partial charge in [-0.05, 0) is 54.6 Å². The largest absolute Gasteiger partial charge is 0.497 e. The van der Waals surface area contributed by atoms with Crippen molar-refractivity contribution < 1.29 is 24.1 Å². The van der Waals surface area contributed by atoms with E-state index in [9.17, 15) is 5.11 Å². The molecule has 0 saturated heterocycles. The van der Waals surface area contributed by atoms with Gasteiger partial charge in [0.1, 0.15) is 17.6 Å². The molecule has 3 atom stereocenters. The monoisotopic (exact) mass is 470 g/mol. The average Bonchev–Trinajstić information content (AvgIpc) is 3.25. The van der Waals surface area contributed by atoms with Crippen molar-refractivity contribution in [2.75, 3.05) is 32.0 Å². The number of nitrogen functional groups attached to an aromatic ring is 1. The highest BCUT2D eigenvalue weighted by molar-refractivity contribution is 5.57. The molecule has 2 heterocycles. The maximum atomic E-state index is 11.8. The van der Waals surface area contributed by atoms with Crippen LogP contribution in [0.3, 0.4) is 0 Å². The number of ether oxygens (including phenoxy) is 4. The van der Waals surface area contributed by atoms with Crippen LogP contribution in [0.2, 0.25) is 0 Å². The second kappa shape index (κ2) is 9.45.